The third-order valence-corrected chi connectivity index (χ3v) is 4.13. The number of ether oxygens (including phenoxy) is 3. The third kappa shape index (κ3) is 3.16. The molecule has 2 saturated heterocycles. The maximum atomic E-state index is 10.3. The fourth-order valence-corrected chi connectivity index (χ4v) is 2.60. The summed E-state index contributed by atoms with van der Waals surface area (Å²) >= 11 is 0. The SMILES string of the molecule is OC[C@H]1OC(O)(OC2(CO)OC[C@H](O)[C@H](O)[C@H]2O)[C@H](O)[C@@H](O)[C@@H]1O. The van der Waals surface area contributed by atoms with Crippen molar-refractivity contribution in [2.45, 2.75) is 54.5 Å². The first kappa shape index (κ1) is 19.8. The van der Waals surface area contributed by atoms with Crippen molar-refractivity contribution in [1.82, 2.24) is 0 Å². The number of aliphatic hydroxyl groups is 9. The van der Waals surface area contributed by atoms with Crippen LogP contribution in [-0.4, -0.2) is 120 Å². The lowest BCUT2D eigenvalue weighted by molar-refractivity contribution is -0.513. The van der Waals surface area contributed by atoms with E-state index >= 15 is 0 Å². The maximum absolute atomic E-state index is 10.3. The van der Waals surface area contributed by atoms with Gasteiger partial charge in [0.2, 0.25) is 5.79 Å². The second-order valence-corrected chi connectivity index (χ2v) is 5.78. The normalized spacial score (nSPS) is 53.1. The molecule has 2 aliphatic rings. The average Bonchev–Trinajstić information content (AvgIpc) is 2.57. The van der Waals surface area contributed by atoms with Gasteiger partial charge in [-0.25, -0.2) is 0 Å². The van der Waals surface area contributed by atoms with Crippen LogP contribution in [0.2, 0.25) is 0 Å². The minimum absolute atomic E-state index is 0.598. The van der Waals surface area contributed by atoms with E-state index in [2.05, 4.69) is 0 Å². The summed E-state index contributed by atoms with van der Waals surface area (Å²) in [4.78, 5) is 0. The molecule has 0 aliphatic carbocycles. The molecule has 2 aliphatic heterocycles. The van der Waals surface area contributed by atoms with Crippen molar-refractivity contribution in [3.63, 3.8) is 0 Å². The predicted octanol–water partition coefficient (Wildman–Crippen LogP) is -6.08. The van der Waals surface area contributed by atoms with Crippen LogP contribution in [0.5, 0.6) is 0 Å². The fourth-order valence-electron chi connectivity index (χ4n) is 2.60. The van der Waals surface area contributed by atoms with Crippen molar-refractivity contribution in [3.8, 4) is 0 Å². The van der Waals surface area contributed by atoms with Gasteiger partial charge >= 0.3 is 5.97 Å². The second kappa shape index (κ2) is 7.03. The van der Waals surface area contributed by atoms with Crippen molar-refractivity contribution in [3.05, 3.63) is 0 Å². The Kier molecular flexibility index (Phi) is 5.81. The third-order valence-electron chi connectivity index (χ3n) is 4.13. The van der Waals surface area contributed by atoms with E-state index in [1.807, 2.05) is 0 Å². The molecule has 2 rings (SSSR count). The first-order chi connectivity index (χ1) is 11.1. The Morgan fingerprint density at radius 2 is 1.54 bits per heavy atom. The maximum Gasteiger partial charge on any atom is 0.313 e. The summed E-state index contributed by atoms with van der Waals surface area (Å²) in [5, 5.41) is 87.3. The molecule has 12 nitrogen and oxygen atoms in total. The van der Waals surface area contributed by atoms with Crippen molar-refractivity contribution in [2.75, 3.05) is 19.8 Å². The standard InChI is InChI=1S/C12H22O12/c13-1-5-7(17)8(18)10(20)12(21,23-5)24-11(3-14)9(19)6(16)4(15)2-22-11/h4-10,13-21H,1-3H2/t4-,5+,6-,7+,8-,9+,10+,11?,12?/m0/s1. The van der Waals surface area contributed by atoms with Crippen molar-refractivity contribution >= 4 is 0 Å². The zero-order valence-corrected chi connectivity index (χ0v) is 12.4. The van der Waals surface area contributed by atoms with Gasteiger partial charge in [-0.15, -0.1) is 0 Å². The van der Waals surface area contributed by atoms with Crippen molar-refractivity contribution < 1.29 is 60.2 Å². The van der Waals surface area contributed by atoms with E-state index in [4.69, 9.17) is 19.3 Å². The van der Waals surface area contributed by atoms with E-state index in [9.17, 15) is 40.9 Å². The van der Waals surface area contributed by atoms with Crippen LogP contribution in [-0.2, 0) is 14.2 Å². The van der Waals surface area contributed by atoms with Gasteiger partial charge in [-0.2, -0.15) is 0 Å². The Hall–Kier alpha value is -0.480. The van der Waals surface area contributed by atoms with Gasteiger partial charge in [-0.3, -0.25) is 4.74 Å². The largest absolute Gasteiger partial charge is 0.394 e. The first-order valence-corrected chi connectivity index (χ1v) is 7.16. The van der Waals surface area contributed by atoms with Gasteiger partial charge in [0.15, 0.2) is 6.10 Å². The van der Waals surface area contributed by atoms with E-state index in [0.29, 0.717) is 0 Å². The summed E-state index contributed by atoms with van der Waals surface area (Å²) in [7, 11) is 0. The second-order valence-electron chi connectivity index (χ2n) is 5.78. The molecule has 0 radical (unpaired) electrons. The molecule has 24 heavy (non-hydrogen) atoms. The van der Waals surface area contributed by atoms with Crippen LogP contribution >= 0.6 is 0 Å². The van der Waals surface area contributed by atoms with Gasteiger partial charge in [0.1, 0.15) is 43.2 Å². The van der Waals surface area contributed by atoms with Crippen LogP contribution in [0.15, 0.2) is 0 Å². The molecule has 0 aromatic rings. The Bertz CT molecular complexity index is 434. The Balaban J connectivity index is 2.28. The number of hydrogen-bond acceptors (Lipinski definition) is 12. The zero-order chi connectivity index (χ0) is 18.3. The molecule has 2 unspecified atom stereocenters. The summed E-state index contributed by atoms with van der Waals surface area (Å²) in [5.74, 6) is -5.63. The highest BCUT2D eigenvalue weighted by atomic mass is 16.9. The average molecular weight is 358 g/mol. The minimum atomic E-state index is -3.11. The lowest BCUT2D eigenvalue weighted by Gasteiger charge is -2.51. The summed E-state index contributed by atoms with van der Waals surface area (Å²) < 4.78 is 14.8. The minimum Gasteiger partial charge on any atom is -0.394 e. The highest BCUT2D eigenvalue weighted by molar-refractivity contribution is 4.97. The zero-order valence-electron chi connectivity index (χ0n) is 12.4. The summed E-state index contributed by atoms with van der Waals surface area (Å²) in [5.41, 5.74) is 0. The van der Waals surface area contributed by atoms with Crippen LogP contribution in [0, 0.1) is 0 Å². The van der Waals surface area contributed by atoms with Crippen LogP contribution in [0.25, 0.3) is 0 Å². The van der Waals surface area contributed by atoms with Gasteiger partial charge in [-0.1, -0.05) is 0 Å². The van der Waals surface area contributed by atoms with E-state index < -0.39 is 74.3 Å². The number of aliphatic hydroxyl groups excluding tert-OH is 8. The summed E-state index contributed by atoms with van der Waals surface area (Å²) in [6.07, 6.45) is -13.0. The molecule has 12 heteroatoms. The van der Waals surface area contributed by atoms with Gasteiger partial charge in [-0.05, 0) is 0 Å². The van der Waals surface area contributed by atoms with Gasteiger partial charge in [0.05, 0.1) is 13.2 Å². The molecule has 0 saturated carbocycles. The van der Waals surface area contributed by atoms with Gasteiger partial charge in [0, 0.05) is 0 Å². The molecule has 2 heterocycles. The topological polar surface area (TPSA) is 210 Å². The van der Waals surface area contributed by atoms with Crippen LogP contribution < -0.4 is 0 Å². The molecule has 9 atom stereocenters. The summed E-state index contributed by atoms with van der Waals surface area (Å²) in [6.45, 7) is -2.61. The molecule has 9 N–H and O–H groups in total. The molecule has 0 amide bonds. The molecular formula is C12H22O12. The Labute approximate surface area is 135 Å². The molecule has 0 aromatic carbocycles. The molecule has 0 bridgehead atoms. The highest BCUT2D eigenvalue weighted by Gasteiger charge is 2.61. The van der Waals surface area contributed by atoms with Crippen LogP contribution in [0.3, 0.4) is 0 Å². The number of rotatable bonds is 4. The fraction of sp³-hybridized carbons (Fsp3) is 1.00. The van der Waals surface area contributed by atoms with Gasteiger partial charge in [0.25, 0.3) is 0 Å². The van der Waals surface area contributed by atoms with Crippen LogP contribution in [0.4, 0.5) is 0 Å². The molecule has 2 fully saturated rings. The monoisotopic (exact) mass is 358 g/mol. The summed E-state index contributed by atoms with van der Waals surface area (Å²) in [6, 6.07) is 0. The van der Waals surface area contributed by atoms with E-state index in [0.717, 1.165) is 0 Å². The van der Waals surface area contributed by atoms with E-state index in [1.54, 1.807) is 0 Å². The Morgan fingerprint density at radius 3 is 2.08 bits per heavy atom. The predicted molar refractivity (Wildman–Crippen MR) is 69.8 cm³/mol. The quantitative estimate of drug-likeness (QED) is 0.215. The van der Waals surface area contributed by atoms with Gasteiger partial charge < -0.3 is 55.4 Å². The Morgan fingerprint density at radius 1 is 0.917 bits per heavy atom. The van der Waals surface area contributed by atoms with E-state index in [-0.39, 0.29) is 0 Å². The smallest absolute Gasteiger partial charge is 0.313 e. The van der Waals surface area contributed by atoms with Crippen LogP contribution in [0.1, 0.15) is 0 Å². The molecule has 142 valence electrons. The highest BCUT2D eigenvalue weighted by Crippen LogP contribution is 2.37. The molecule has 0 spiro atoms. The molecular weight excluding hydrogens is 336 g/mol. The lowest BCUT2D eigenvalue weighted by atomic mass is 9.95. The van der Waals surface area contributed by atoms with E-state index in [1.165, 1.54) is 0 Å². The molecule has 0 aromatic heterocycles. The van der Waals surface area contributed by atoms with Crippen molar-refractivity contribution in [2.24, 2.45) is 0 Å². The first-order valence-electron chi connectivity index (χ1n) is 7.16. The lowest BCUT2D eigenvalue weighted by Crippen LogP contribution is -2.72. The van der Waals surface area contributed by atoms with Crippen molar-refractivity contribution in [1.29, 1.82) is 0 Å². The number of hydrogen-bond donors (Lipinski definition) is 9.